The summed E-state index contributed by atoms with van der Waals surface area (Å²) in [5, 5.41) is 5.18. The zero-order valence-electron chi connectivity index (χ0n) is 27.7. The second-order valence-electron chi connectivity index (χ2n) is 11.5. The molecule has 0 bridgehead atoms. The van der Waals surface area contributed by atoms with Crippen LogP contribution in [0.2, 0.25) is 0 Å². The summed E-state index contributed by atoms with van der Waals surface area (Å²) in [5.74, 6) is -1.26. The predicted molar refractivity (Wildman–Crippen MR) is 192 cm³/mol. The van der Waals surface area contributed by atoms with Crippen LogP contribution < -0.4 is 10.6 Å². The lowest BCUT2D eigenvalue weighted by molar-refractivity contribution is -0.139. The van der Waals surface area contributed by atoms with E-state index < -0.39 is 22.4 Å². The molecule has 2 atom stereocenters. The van der Waals surface area contributed by atoms with E-state index >= 15 is 0 Å². The van der Waals surface area contributed by atoms with Crippen LogP contribution in [0.3, 0.4) is 0 Å². The molecule has 2 unspecified atom stereocenters. The van der Waals surface area contributed by atoms with Gasteiger partial charge in [0.15, 0.2) is 0 Å². The van der Waals surface area contributed by atoms with Crippen molar-refractivity contribution >= 4 is 70.5 Å². The molecule has 2 fully saturated rings. The largest absolute Gasteiger partial charge is 0.465 e. The molecule has 0 spiro atoms. The average Bonchev–Trinajstić information content (AvgIpc) is 3.57. The summed E-state index contributed by atoms with van der Waals surface area (Å²) in [7, 11) is 2.44. The number of benzene rings is 3. The summed E-state index contributed by atoms with van der Waals surface area (Å²) < 4.78 is 9.97. The van der Waals surface area contributed by atoms with Crippen molar-refractivity contribution in [2.75, 3.05) is 51.0 Å². The first-order chi connectivity index (χ1) is 24.2. The first-order valence-corrected chi connectivity index (χ1v) is 18.1. The van der Waals surface area contributed by atoms with Gasteiger partial charge in [-0.15, -0.1) is 23.5 Å². The van der Waals surface area contributed by atoms with Gasteiger partial charge in [0.05, 0.1) is 35.8 Å². The van der Waals surface area contributed by atoms with Gasteiger partial charge in [-0.3, -0.25) is 29.0 Å². The fourth-order valence-corrected chi connectivity index (χ4v) is 7.87. The van der Waals surface area contributed by atoms with E-state index in [1.54, 1.807) is 0 Å². The maximum absolute atomic E-state index is 13.0. The van der Waals surface area contributed by atoms with Crippen molar-refractivity contribution in [2.45, 2.75) is 34.8 Å². The Bertz CT molecular complexity index is 1610. The smallest absolute Gasteiger partial charge is 0.340 e. The lowest BCUT2D eigenvalue weighted by atomic mass is 10.1. The van der Waals surface area contributed by atoms with E-state index in [1.165, 1.54) is 59.7 Å². The Morgan fingerprint density at radius 3 is 1.40 bits per heavy atom. The van der Waals surface area contributed by atoms with E-state index in [-0.39, 0.29) is 85.2 Å². The molecule has 0 saturated carbocycles. The third kappa shape index (κ3) is 8.85. The van der Waals surface area contributed by atoms with Crippen molar-refractivity contribution in [1.29, 1.82) is 0 Å². The van der Waals surface area contributed by atoms with Gasteiger partial charge < -0.3 is 20.1 Å². The van der Waals surface area contributed by atoms with Crippen molar-refractivity contribution in [3.63, 3.8) is 0 Å². The zero-order chi connectivity index (χ0) is 35.6. The second kappa shape index (κ2) is 17.2. The monoisotopic (exact) mass is 718 g/mol. The number of hydrogen-bond acceptors (Lipinski definition) is 12. The molecule has 14 heteroatoms. The molecule has 50 heavy (non-hydrogen) atoms. The van der Waals surface area contributed by atoms with Crippen LogP contribution in [-0.4, -0.2) is 96.3 Å². The molecule has 0 aromatic heterocycles. The highest BCUT2D eigenvalue weighted by Crippen LogP contribution is 2.31. The zero-order valence-corrected chi connectivity index (χ0v) is 29.3. The molecular weight excluding hydrogens is 681 g/mol. The van der Waals surface area contributed by atoms with E-state index in [2.05, 4.69) is 10.6 Å². The molecule has 3 aromatic rings. The number of methoxy groups -OCH3 is 2. The standard InChI is InChI=1S/C36H38N4O8S2/c1-47-35(45)25-17-28(38-14-16-40-32(42)20-30(34(40)44)50-22-24-11-7-4-8-12-24)26(36(46)48-2)18-27(25)37-13-15-39-31(41)19-29(33(39)43)49-21-23-9-5-3-6-10-23/h3-12,17-18,29-30,37-38H,13-16,19-22H2,1-2H3. The Kier molecular flexibility index (Phi) is 12.6. The van der Waals surface area contributed by atoms with Gasteiger partial charge in [-0.25, -0.2) is 9.59 Å². The Morgan fingerprint density at radius 1 is 0.660 bits per heavy atom. The molecule has 2 aliphatic heterocycles. The first kappa shape index (κ1) is 36.5. The van der Waals surface area contributed by atoms with Gasteiger partial charge in [-0.05, 0) is 23.3 Å². The minimum absolute atomic E-state index is 0.0523. The fraction of sp³-hybridized carbons (Fsp3) is 0.333. The Morgan fingerprint density at radius 2 is 1.04 bits per heavy atom. The summed E-state index contributed by atoms with van der Waals surface area (Å²) in [6.45, 7) is 0.314. The maximum atomic E-state index is 13.0. The number of nitrogens with one attached hydrogen (secondary N) is 2. The molecule has 3 aromatic carbocycles. The van der Waals surface area contributed by atoms with E-state index in [4.69, 9.17) is 9.47 Å². The number of hydrogen-bond donors (Lipinski definition) is 2. The van der Waals surface area contributed by atoms with E-state index in [0.717, 1.165) is 11.1 Å². The molecule has 0 aliphatic carbocycles. The fourth-order valence-electron chi connectivity index (χ4n) is 5.63. The number of anilines is 2. The summed E-state index contributed by atoms with van der Waals surface area (Å²) in [4.78, 5) is 79.6. The predicted octanol–water partition coefficient (Wildman–Crippen LogP) is 4.21. The lowest BCUT2D eigenvalue weighted by Gasteiger charge is -2.20. The van der Waals surface area contributed by atoms with Gasteiger partial charge in [0, 0.05) is 61.9 Å². The third-order valence-electron chi connectivity index (χ3n) is 8.26. The number of imide groups is 2. The molecular formula is C36H38N4O8S2. The van der Waals surface area contributed by atoms with Gasteiger partial charge in [0.1, 0.15) is 0 Å². The van der Waals surface area contributed by atoms with Crippen LogP contribution in [0.5, 0.6) is 0 Å². The number of carbonyl (C=O) groups excluding carboxylic acids is 6. The molecule has 2 heterocycles. The number of ether oxygens (including phenoxy) is 2. The molecule has 2 N–H and O–H groups in total. The molecule has 0 radical (unpaired) electrons. The van der Waals surface area contributed by atoms with Crippen LogP contribution in [0.4, 0.5) is 11.4 Å². The topological polar surface area (TPSA) is 151 Å². The number of amides is 4. The summed E-state index contributed by atoms with van der Waals surface area (Å²) in [5.41, 5.74) is 2.77. The minimum atomic E-state index is -0.694. The van der Waals surface area contributed by atoms with Crippen LogP contribution in [0.1, 0.15) is 44.7 Å². The number of rotatable bonds is 16. The maximum Gasteiger partial charge on any atom is 0.340 e. The number of thioether (sulfide) groups is 2. The summed E-state index contributed by atoms with van der Waals surface area (Å²) in [6, 6.07) is 22.3. The van der Waals surface area contributed by atoms with Crippen molar-refractivity contribution in [3.8, 4) is 0 Å². The van der Waals surface area contributed by atoms with Crippen LogP contribution in [-0.2, 0) is 40.2 Å². The lowest BCUT2D eigenvalue weighted by Crippen LogP contribution is -2.35. The SMILES string of the molecule is COC(=O)c1cc(NCCN2C(=O)CC(SCc3ccccc3)C2=O)c(C(=O)OC)cc1NCCN1C(=O)CC(SCc2ccccc2)C1=O. The Balaban J connectivity index is 1.21. The molecule has 2 aliphatic rings. The number of esters is 2. The molecule has 12 nitrogen and oxygen atoms in total. The van der Waals surface area contributed by atoms with E-state index in [0.29, 0.717) is 11.5 Å². The molecule has 4 amide bonds. The average molecular weight is 719 g/mol. The molecule has 262 valence electrons. The van der Waals surface area contributed by atoms with Gasteiger partial charge in [0.25, 0.3) is 0 Å². The van der Waals surface area contributed by atoms with Crippen LogP contribution in [0.15, 0.2) is 72.8 Å². The first-order valence-electron chi connectivity index (χ1n) is 16.0. The molecule has 2 saturated heterocycles. The van der Waals surface area contributed by atoms with Crippen molar-refractivity contribution in [3.05, 3.63) is 95.1 Å². The highest BCUT2D eigenvalue weighted by Gasteiger charge is 2.39. The minimum Gasteiger partial charge on any atom is -0.465 e. The van der Waals surface area contributed by atoms with Crippen LogP contribution in [0.25, 0.3) is 0 Å². The summed E-state index contributed by atoms with van der Waals surface area (Å²) in [6.07, 6.45) is 0.219. The quantitative estimate of drug-likeness (QED) is 0.161. The van der Waals surface area contributed by atoms with Gasteiger partial charge in [-0.1, -0.05) is 60.7 Å². The molecule has 5 rings (SSSR count). The van der Waals surface area contributed by atoms with Crippen molar-refractivity contribution < 1.29 is 38.2 Å². The third-order valence-corrected chi connectivity index (χ3v) is 10.8. The van der Waals surface area contributed by atoms with E-state index in [9.17, 15) is 28.8 Å². The van der Waals surface area contributed by atoms with Gasteiger partial charge >= 0.3 is 11.9 Å². The van der Waals surface area contributed by atoms with Crippen molar-refractivity contribution in [1.82, 2.24) is 9.80 Å². The number of nitrogens with zero attached hydrogens (tertiary/aromatic N) is 2. The Labute approximate surface area is 298 Å². The van der Waals surface area contributed by atoms with Gasteiger partial charge in [-0.2, -0.15) is 0 Å². The highest BCUT2D eigenvalue weighted by atomic mass is 32.2. The second-order valence-corrected chi connectivity index (χ2v) is 13.9. The van der Waals surface area contributed by atoms with Crippen LogP contribution in [0, 0.1) is 0 Å². The highest BCUT2D eigenvalue weighted by molar-refractivity contribution is 8.00. The van der Waals surface area contributed by atoms with E-state index in [1.807, 2.05) is 60.7 Å². The summed E-state index contributed by atoms with van der Waals surface area (Å²) >= 11 is 2.85. The normalized spacial score (nSPS) is 17.3. The van der Waals surface area contributed by atoms with Crippen molar-refractivity contribution in [2.24, 2.45) is 0 Å². The van der Waals surface area contributed by atoms with Crippen LogP contribution >= 0.6 is 23.5 Å². The Hall–Kier alpha value is -4.82. The number of likely N-dealkylation sites (tertiary alicyclic amines) is 2. The van der Waals surface area contributed by atoms with Gasteiger partial charge in [0.2, 0.25) is 23.6 Å². The number of carbonyl (C=O) groups is 6.